The van der Waals surface area contributed by atoms with Crippen LogP contribution in [0.25, 0.3) is 0 Å². The van der Waals surface area contributed by atoms with Gasteiger partial charge < -0.3 is 5.32 Å². The molecule has 7 heteroatoms. The van der Waals surface area contributed by atoms with Crippen molar-refractivity contribution in [1.82, 2.24) is 15.1 Å². The highest BCUT2D eigenvalue weighted by atomic mass is 19.4. The molecular formula is C13H13F4N3. The van der Waals surface area contributed by atoms with Gasteiger partial charge in [-0.2, -0.15) is 18.3 Å². The first-order chi connectivity index (χ1) is 9.36. The van der Waals surface area contributed by atoms with Crippen molar-refractivity contribution in [2.75, 3.05) is 0 Å². The second kappa shape index (κ2) is 5.62. The van der Waals surface area contributed by atoms with Crippen LogP contribution >= 0.6 is 0 Å². The normalized spacial score (nSPS) is 11.8. The van der Waals surface area contributed by atoms with Crippen molar-refractivity contribution in [2.45, 2.75) is 19.3 Å². The molecule has 0 fully saturated rings. The van der Waals surface area contributed by atoms with Crippen LogP contribution in [0.15, 0.2) is 30.5 Å². The number of halogens is 4. The summed E-state index contributed by atoms with van der Waals surface area (Å²) in [5.74, 6) is -1.26. The summed E-state index contributed by atoms with van der Waals surface area (Å²) in [6, 6.07) is 4.79. The van der Waals surface area contributed by atoms with Crippen molar-refractivity contribution < 1.29 is 17.6 Å². The maximum Gasteiger partial charge on any atom is 0.419 e. The van der Waals surface area contributed by atoms with E-state index in [9.17, 15) is 17.6 Å². The van der Waals surface area contributed by atoms with Gasteiger partial charge in [0.25, 0.3) is 0 Å². The molecule has 0 radical (unpaired) electrons. The lowest BCUT2D eigenvalue weighted by Gasteiger charge is -2.10. The summed E-state index contributed by atoms with van der Waals surface area (Å²) in [7, 11) is 1.78. The van der Waals surface area contributed by atoms with Gasteiger partial charge in [0.2, 0.25) is 0 Å². The first-order valence-corrected chi connectivity index (χ1v) is 5.91. The molecule has 0 saturated heterocycles. The highest BCUT2D eigenvalue weighted by Crippen LogP contribution is 2.31. The zero-order chi connectivity index (χ0) is 14.8. The van der Waals surface area contributed by atoms with E-state index < -0.39 is 17.6 Å². The average molecular weight is 287 g/mol. The highest BCUT2D eigenvalue weighted by molar-refractivity contribution is 5.27. The summed E-state index contributed by atoms with van der Waals surface area (Å²) in [5.41, 5.74) is -0.0880. The zero-order valence-electron chi connectivity index (χ0n) is 10.7. The number of hydrogen-bond acceptors (Lipinski definition) is 2. The Morgan fingerprint density at radius 1 is 1.20 bits per heavy atom. The maximum absolute atomic E-state index is 13.1. The molecule has 0 atom stereocenters. The van der Waals surface area contributed by atoms with Crippen molar-refractivity contribution in [2.24, 2.45) is 7.05 Å². The van der Waals surface area contributed by atoms with E-state index in [-0.39, 0.29) is 6.54 Å². The first-order valence-electron chi connectivity index (χ1n) is 5.91. The van der Waals surface area contributed by atoms with E-state index in [0.717, 1.165) is 17.8 Å². The van der Waals surface area contributed by atoms with Crippen LogP contribution in [0.1, 0.15) is 16.8 Å². The molecule has 108 valence electrons. The number of rotatable bonds is 4. The number of aryl methyl sites for hydroxylation is 1. The fourth-order valence-electron chi connectivity index (χ4n) is 1.79. The van der Waals surface area contributed by atoms with E-state index in [1.54, 1.807) is 24.0 Å². The highest BCUT2D eigenvalue weighted by Gasteiger charge is 2.34. The van der Waals surface area contributed by atoms with E-state index in [1.807, 2.05) is 0 Å². The minimum Gasteiger partial charge on any atom is -0.307 e. The minimum absolute atomic E-state index is 0.208. The second-order valence-corrected chi connectivity index (χ2v) is 4.40. The van der Waals surface area contributed by atoms with Gasteiger partial charge in [0.1, 0.15) is 5.82 Å². The average Bonchev–Trinajstić information content (AvgIpc) is 2.76. The van der Waals surface area contributed by atoms with Gasteiger partial charge in [0.15, 0.2) is 0 Å². The molecule has 0 unspecified atom stereocenters. The van der Waals surface area contributed by atoms with E-state index in [2.05, 4.69) is 10.4 Å². The van der Waals surface area contributed by atoms with Crippen LogP contribution in [0.5, 0.6) is 0 Å². The molecule has 1 aromatic carbocycles. The van der Waals surface area contributed by atoms with Gasteiger partial charge in [-0.05, 0) is 23.8 Å². The number of nitrogens with one attached hydrogen (secondary N) is 1. The Kier molecular flexibility index (Phi) is 4.08. The van der Waals surface area contributed by atoms with E-state index in [0.29, 0.717) is 12.1 Å². The third-order valence-corrected chi connectivity index (χ3v) is 2.74. The molecule has 2 aromatic rings. The molecule has 1 N–H and O–H groups in total. The molecular weight excluding hydrogens is 274 g/mol. The topological polar surface area (TPSA) is 29.9 Å². The quantitative estimate of drug-likeness (QED) is 0.876. The van der Waals surface area contributed by atoms with Gasteiger partial charge in [0.05, 0.1) is 11.3 Å². The Labute approximate surface area is 113 Å². The molecule has 20 heavy (non-hydrogen) atoms. The molecule has 2 rings (SSSR count). The second-order valence-electron chi connectivity index (χ2n) is 4.40. The van der Waals surface area contributed by atoms with Crippen LogP contribution in [0.4, 0.5) is 17.6 Å². The Morgan fingerprint density at radius 3 is 2.55 bits per heavy atom. The standard InChI is InChI=1S/C13H13F4N3/c1-20-5-4-10(19-20)8-18-7-9-2-3-12(14)11(6-9)13(15,16)17/h2-6,18H,7-8H2,1H3. The Hall–Kier alpha value is -1.89. The first kappa shape index (κ1) is 14.5. The van der Waals surface area contributed by atoms with Gasteiger partial charge in [-0.15, -0.1) is 0 Å². The summed E-state index contributed by atoms with van der Waals surface area (Å²) in [4.78, 5) is 0. The fourth-order valence-corrected chi connectivity index (χ4v) is 1.79. The molecule has 0 amide bonds. The number of nitrogens with zero attached hydrogens (tertiary/aromatic N) is 2. The molecule has 0 aliphatic carbocycles. The van der Waals surface area contributed by atoms with Crippen molar-refractivity contribution in [3.63, 3.8) is 0 Å². The number of benzene rings is 1. The van der Waals surface area contributed by atoms with Crippen LogP contribution in [0.3, 0.4) is 0 Å². The molecule has 0 aliphatic rings. The lowest BCUT2D eigenvalue weighted by molar-refractivity contribution is -0.140. The molecule has 0 aliphatic heterocycles. The number of hydrogen-bond donors (Lipinski definition) is 1. The third-order valence-electron chi connectivity index (χ3n) is 2.74. The van der Waals surface area contributed by atoms with E-state index in [1.165, 1.54) is 6.07 Å². The predicted octanol–water partition coefficient (Wildman–Crippen LogP) is 2.87. The SMILES string of the molecule is Cn1ccc(CNCc2ccc(F)c(C(F)(F)F)c2)n1. The van der Waals surface area contributed by atoms with Crippen molar-refractivity contribution in [3.05, 3.63) is 53.1 Å². The van der Waals surface area contributed by atoms with Gasteiger partial charge in [-0.3, -0.25) is 4.68 Å². The fraction of sp³-hybridized carbons (Fsp3) is 0.308. The lowest BCUT2D eigenvalue weighted by atomic mass is 10.1. The van der Waals surface area contributed by atoms with Gasteiger partial charge in [-0.1, -0.05) is 6.07 Å². The summed E-state index contributed by atoms with van der Waals surface area (Å²) in [6.07, 6.45) is -2.91. The summed E-state index contributed by atoms with van der Waals surface area (Å²) in [6.45, 7) is 0.638. The monoisotopic (exact) mass is 287 g/mol. The van der Waals surface area contributed by atoms with Crippen LogP contribution in [-0.4, -0.2) is 9.78 Å². The van der Waals surface area contributed by atoms with Crippen molar-refractivity contribution >= 4 is 0 Å². The largest absolute Gasteiger partial charge is 0.419 e. The Balaban J connectivity index is 2.00. The van der Waals surface area contributed by atoms with Crippen molar-refractivity contribution in [1.29, 1.82) is 0 Å². The van der Waals surface area contributed by atoms with Crippen LogP contribution in [-0.2, 0) is 26.3 Å². The molecule has 0 spiro atoms. The van der Waals surface area contributed by atoms with Crippen LogP contribution in [0.2, 0.25) is 0 Å². The Morgan fingerprint density at radius 2 is 1.95 bits per heavy atom. The number of aromatic nitrogens is 2. The smallest absolute Gasteiger partial charge is 0.307 e. The maximum atomic E-state index is 13.1. The zero-order valence-corrected chi connectivity index (χ0v) is 10.7. The predicted molar refractivity (Wildman–Crippen MR) is 65.2 cm³/mol. The van der Waals surface area contributed by atoms with Crippen molar-refractivity contribution in [3.8, 4) is 0 Å². The lowest BCUT2D eigenvalue weighted by Crippen LogP contribution is -2.15. The van der Waals surface area contributed by atoms with E-state index >= 15 is 0 Å². The summed E-state index contributed by atoms with van der Waals surface area (Å²) < 4.78 is 52.4. The van der Waals surface area contributed by atoms with Crippen LogP contribution in [0, 0.1) is 5.82 Å². The van der Waals surface area contributed by atoms with Gasteiger partial charge >= 0.3 is 6.18 Å². The van der Waals surface area contributed by atoms with Gasteiger partial charge in [-0.25, -0.2) is 4.39 Å². The molecule has 3 nitrogen and oxygen atoms in total. The molecule has 0 saturated carbocycles. The molecule has 1 aromatic heterocycles. The third kappa shape index (κ3) is 3.57. The molecule has 0 bridgehead atoms. The summed E-state index contributed by atoms with van der Waals surface area (Å²) >= 11 is 0. The summed E-state index contributed by atoms with van der Waals surface area (Å²) in [5, 5.41) is 7.09. The number of alkyl halides is 3. The van der Waals surface area contributed by atoms with E-state index in [4.69, 9.17) is 0 Å². The van der Waals surface area contributed by atoms with Gasteiger partial charge in [0, 0.05) is 26.3 Å². The molecule has 1 heterocycles. The minimum atomic E-state index is -4.68. The Bertz CT molecular complexity index is 590. The van der Waals surface area contributed by atoms with Crippen LogP contribution < -0.4 is 5.32 Å².